The van der Waals surface area contributed by atoms with Gasteiger partial charge >= 0.3 is 12.2 Å². The summed E-state index contributed by atoms with van der Waals surface area (Å²) in [5.41, 5.74) is 8.74. The van der Waals surface area contributed by atoms with E-state index in [1.165, 1.54) is 11.1 Å². The molecule has 0 radical (unpaired) electrons. The lowest BCUT2D eigenvalue weighted by Gasteiger charge is -1.98. The lowest BCUT2D eigenvalue weighted by molar-refractivity contribution is 0.152. The number of nitrogens with zero attached hydrogens (tertiary/aromatic N) is 2. The number of hydrogen-bond donors (Lipinski definition) is 2. The molecule has 0 aliphatic carbocycles. The van der Waals surface area contributed by atoms with Gasteiger partial charge in [-0.15, -0.1) is 0 Å². The summed E-state index contributed by atoms with van der Waals surface area (Å²) in [6.45, 7) is 8.18. The molecule has 8 nitrogen and oxygen atoms in total. The van der Waals surface area contributed by atoms with E-state index < -0.39 is 12.2 Å². The van der Waals surface area contributed by atoms with Crippen LogP contribution in [0.3, 0.4) is 0 Å². The van der Waals surface area contributed by atoms with Crippen molar-refractivity contribution in [3.8, 4) is 0 Å². The van der Waals surface area contributed by atoms with Gasteiger partial charge in [0.1, 0.15) is 0 Å². The molecule has 0 aliphatic rings. The Balaban J connectivity index is 0.000000300. The Kier molecular flexibility index (Phi) is 11.6. The molecule has 0 unspecified atom stereocenters. The second-order valence-corrected chi connectivity index (χ2v) is 6.00. The zero-order valence-electron chi connectivity index (χ0n) is 17.7. The minimum Gasteiger partial charge on any atom is -0.449 e. The predicted molar refractivity (Wildman–Crippen MR) is 118 cm³/mol. The number of ether oxygens (including phenoxy) is 2. The smallest absolute Gasteiger partial charge is 0.427 e. The van der Waals surface area contributed by atoms with Crippen LogP contribution >= 0.6 is 0 Å². The number of hydrogen-bond acceptors (Lipinski definition) is 6. The molecule has 0 spiro atoms. The number of carbonyl (C=O) groups excluding carboxylic acids is 2. The normalized spacial score (nSPS) is 10.3. The van der Waals surface area contributed by atoms with Gasteiger partial charge in [-0.05, 0) is 38.8 Å². The van der Waals surface area contributed by atoms with Gasteiger partial charge in [-0.3, -0.25) is 0 Å². The summed E-state index contributed by atoms with van der Waals surface area (Å²) in [6, 6.07) is 15.6. The predicted octanol–water partition coefficient (Wildman–Crippen LogP) is 4.15. The molecular weight excluding hydrogens is 384 g/mol. The van der Waals surface area contributed by atoms with Crippen LogP contribution in [0.1, 0.15) is 36.1 Å². The molecule has 0 aromatic heterocycles. The fourth-order valence-corrected chi connectivity index (χ4v) is 1.95. The van der Waals surface area contributed by atoms with Crippen molar-refractivity contribution in [2.24, 2.45) is 10.2 Å². The molecule has 0 saturated carbocycles. The van der Waals surface area contributed by atoms with Crippen LogP contribution in [0, 0.1) is 13.8 Å². The Bertz CT molecular complexity index is 760. The van der Waals surface area contributed by atoms with Gasteiger partial charge in [0.15, 0.2) is 0 Å². The minimum atomic E-state index is -0.541. The number of nitrogens with one attached hydrogen (secondary N) is 2. The van der Waals surface area contributed by atoms with Crippen LogP contribution in [0.25, 0.3) is 0 Å². The van der Waals surface area contributed by atoms with Crippen molar-refractivity contribution in [2.75, 3.05) is 13.2 Å². The van der Waals surface area contributed by atoms with Crippen LogP contribution in [0.2, 0.25) is 0 Å². The van der Waals surface area contributed by atoms with Crippen LogP contribution < -0.4 is 10.9 Å². The van der Waals surface area contributed by atoms with Crippen LogP contribution in [-0.2, 0) is 9.47 Å². The van der Waals surface area contributed by atoms with Crippen molar-refractivity contribution < 1.29 is 19.1 Å². The maximum atomic E-state index is 10.8. The molecule has 0 aliphatic heterocycles. The van der Waals surface area contributed by atoms with E-state index in [2.05, 4.69) is 30.5 Å². The van der Waals surface area contributed by atoms with Crippen molar-refractivity contribution in [3.63, 3.8) is 0 Å². The quantitative estimate of drug-likeness (QED) is 0.550. The van der Waals surface area contributed by atoms with Crippen molar-refractivity contribution in [1.29, 1.82) is 0 Å². The number of amides is 2. The van der Waals surface area contributed by atoms with E-state index in [9.17, 15) is 9.59 Å². The summed E-state index contributed by atoms with van der Waals surface area (Å²) in [4.78, 5) is 21.7. The van der Waals surface area contributed by atoms with Gasteiger partial charge in [0.2, 0.25) is 0 Å². The number of hydrazone groups is 2. The highest BCUT2D eigenvalue weighted by molar-refractivity contribution is 5.81. The van der Waals surface area contributed by atoms with Gasteiger partial charge in [0.05, 0.1) is 25.6 Å². The molecule has 2 aromatic rings. The third-order valence-electron chi connectivity index (χ3n) is 3.44. The first kappa shape index (κ1) is 24.4. The molecule has 0 bridgehead atoms. The average Bonchev–Trinajstić information content (AvgIpc) is 2.72. The van der Waals surface area contributed by atoms with Gasteiger partial charge in [-0.1, -0.05) is 59.7 Å². The van der Waals surface area contributed by atoms with Gasteiger partial charge < -0.3 is 9.47 Å². The Labute approximate surface area is 177 Å². The summed E-state index contributed by atoms with van der Waals surface area (Å²) >= 11 is 0. The molecule has 0 saturated heterocycles. The van der Waals surface area contributed by atoms with Crippen LogP contribution in [0.5, 0.6) is 0 Å². The number of rotatable bonds is 6. The van der Waals surface area contributed by atoms with Gasteiger partial charge in [0, 0.05) is 0 Å². The van der Waals surface area contributed by atoms with Crippen molar-refractivity contribution in [2.45, 2.75) is 27.7 Å². The molecule has 0 atom stereocenters. The molecule has 160 valence electrons. The summed E-state index contributed by atoms with van der Waals surface area (Å²) in [5.74, 6) is 0. The maximum absolute atomic E-state index is 10.8. The molecule has 8 heteroatoms. The molecule has 0 fully saturated rings. The van der Waals surface area contributed by atoms with Crippen LogP contribution in [0.15, 0.2) is 58.7 Å². The first-order valence-electron chi connectivity index (χ1n) is 9.49. The van der Waals surface area contributed by atoms with Crippen molar-refractivity contribution in [3.05, 3.63) is 70.8 Å². The van der Waals surface area contributed by atoms with E-state index in [0.29, 0.717) is 13.2 Å². The summed E-state index contributed by atoms with van der Waals surface area (Å²) in [7, 11) is 0. The Hall–Kier alpha value is -3.68. The fourth-order valence-electron chi connectivity index (χ4n) is 1.95. The number of aryl methyl sites for hydroxylation is 2. The zero-order chi connectivity index (χ0) is 22.2. The SMILES string of the molecule is CCOC(=O)N/N=C/c1ccc(C)cc1.CCOC(=O)N/N=C/c1ccc(C)cc1. The molecule has 2 N–H and O–H groups in total. The van der Waals surface area contributed by atoms with E-state index in [1.807, 2.05) is 62.4 Å². The zero-order valence-corrected chi connectivity index (χ0v) is 17.7. The van der Waals surface area contributed by atoms with Gasteiger partial charge in [-0.2, -0.15) is 10.2 Å². The number of carbonyl (C=O) groups is 2. The lowest BCUT2D eigenvalue weighted by Crippen LogP contribution is -2.18. The molecule has 2 rings (SSSR count). The first-order chi connectivity index (χ1) is 14.4. The highest BCUT2D eigenvalue weighted by Crippen LogP contribution is 2.00. The topological polar surface area (TPSA) is 101 Å². The Morgan fingerprint density at radius 2 is 1.07 bits per heavy atom. The lowest BCUT2D eigenvalue weighted by atomic mass is 10.2. The Morgan fingerprint density at radius 3 is 1.37 bits per heavy atom. The van der Waals surface area contributed by atoms with Crippen LogP contribution in [0.4, 0.5) is 9.59 Å². The summed E-state index contributed by atoms with van der Waals surface area (Å²) in [6.07, 6.45) is 2.05. The first-order valence-corrected chi connectivity index (χ1v) is 9.49. The molecule has 2 amide bonds. The standard InChI is InChI=1S/2C11H14N2O2/c2*1-3-15-11(14)13-12-8-10-6-4-9(2)5-7-10/h2*4-8H,3H2,1-2H3,(H,13,14)/b2*12-8+. The monoisotopic (exact) mass is 412 g/mol. The molecule has 0 heterocycles. The van der Waals surface area contributed by atoms with Gasteiger partial charge in [0.25, 0.3) is 0 Å². The second-order valence-electron chi connectivity index (χ2n) is 6.00. The van der Waals surface area contributed by atoms with Gasteiger partial charge in [-0.25, -0.2) is 20.4 Å². The summed E-state index contributed by atoms with van der Waals surface area (Å²) in [5, 5.41) is 7.48. The Morgan fingerprint density at radius 1 is 0.733 bits per heavy atom. The largest absolute Gasteiger partial charge is 0.449 e. The maximum Gasteiger partial charge on any atom is 0.427 e. The average molecular weight is 412 g/mol. The third kappa shape index (κ3) is 11.2. The van der Waals surface area contributed by atoms with E-state index in [4.69, 9.17) is 0 Å². The minimum absolute atomic E-state index is 0.339. The van der Waals surface area contributed by atoms with E-state index >= 15 is 0 Å². The number of benzene rings is 2. The second kappa shape index (κ2) is 14.3. The van der Waals surface area contributed by atoms with Crippen molar-refractivity contribution in [1.82, 2.24) is 10.9 Å². The summed E-state index contributed by atoms with van der Waals surface area (Å²) < 4.78 is 9.27. The van der Waals surface area contributed by atoms with Crippen molar-refractivity contribution >= 4 is 24.6 Å². The molecule has 2 aromatic carbocycles. The highest BCUT2D eigenvalue weighted by Gasteiger charge is 1.96. The fraction of sp³-hybridized carbons (Fsp3) is 0.273. The molecule has 30 heavy (non-hydrogen) atoms. The van der Waals surface area contributed by atoms with E-state index in [1.54, 1.807) is 26.3 Å². The van der Waals surface area contributed by atoms with E-state index in [0.717, 1.165) is 11.1 Å². The molecular formula is C22H28N4O4. The van der Waals surface area contributed by atoms with E-state index in [-0.39, 0.29) is 0 Å². The third-order valence-corrected chi connectivity index (χ3v) is 3.44. The van der Waals surface area contributed by atoms with Crippen LogP contribution in [-0.4, -0.2) is 37.8 Å². The highest BCUT2D eigenvalue weighted by atomic mass is 16.6.